The number of aliphatic hydroxyl groups excluding tert-OH is 1. The van der Waals surface area contributed by atoms with Crippen LogP contribution in [0.3, 0.4) is 0 Å². The highest BCUT2D eigenvalue weighted by Crippen LogP contribution is 2.31. The van der Waals surface area contributed by atoms with Crippen molar-refractivity contribution in [2.75, 3.05) is 13.2 Å². The third kappa shape index (κ3) is 6.36. The molecule has 1 rings (SSSR count). The minimum absolute atomic E-state index is 0.0226. The average Bonchev–Trinajstić information content (AvgIpc) is 2.78. The van der Waals surface area contributed by atoms with Crippen molar-refractivity contribution < 1.29 is 14.6 Å². The van der Waals surface area contributed by atoms with Crippen LogP contribution in [-0.4, -0.2) is 30.0 Å². The van der Waals surface area contributed by atoms with Gasteiger partial charge in [-0.1, -0.05) is 6.92 Å². The summed E-state index contributed by atoms with van der Waals surface area (Å²) in [6.45, 7) is 7.92. The Labute approximate surface area is 139 Å². The second-order valence-corrected chi connectivity index (χ2v) is 8.80. The summed E-state index contributed by atoms with van der Waals surface area (Å²) in [5.74, 6) is 0. The fourth-order valence-electron chi connectivity index (χ4n) is 1.93. The zero-order valence-electron chi connectivity index (χ0n) is 13.0. The molecule has 1 unspecified atom stereocenters. The molecule has 1 aromatic heterocycles. The van der Waals surface area contributed by atoms with E-state index in [2.05, 4.69) is 21.2 Å². The number of nitrogens with one attached hydrogen (secondary N) is 1. The Bertz CT molecular complexity index is 464. The molecule has 6 heteroatoms. The third-order valence-electron chi connectivity index (χ3n) is 3.27. The average molecular weight is 378 g/mol. The highest BCUT2D eigenvalue weighted by molar-refractivity contribution is 9.11. The number of thiophene rings is 1. The van der Waals surface area contributed by atoms with Crippen molar-refractivity contribution in [1.82, 2.24) is 5.32 Å². The number of carbonyl (C=O) groups excluding carboxylic acids is 1. The van der Waals surface area contributed by atoms with E-state index >= 15 is 0 Å². The summed E-state index contributed by atoms with van der Waals surface area (Å²) in [5.41, 5.74) is -0.877. The van der Waals surface area contributed by atoms with E-state index in [4.69, 9.17) is 4.74 Å². The van der Waals surface area contributed by atoms with Gasteiger partial charge in [-0.2, -0.15) is 0 Å². The van der Waals surface area contributed by atoms with Gasteiger partial charge in [0.1, 0.15) is 5.60 Å². The molecular weight excluding hydrogens is 354 g/mol. The SMILES string of the molecule is CCC(CO)(CNC(=O)OC(C)(C)C)Cc1ccc(Br)s1. The van der Waals surface area contributed by atoms with E-state index in [1.807, 2.05) is 39.8 Å². The van der Waals surface area contributed by atoms with Crippen LogP contribution in [0.25, 0.3) is 0 Å². The minimum Gasteiger partial charge on any atom is -0.444 e. The van der Waals surface area contributed by atoms with Crippen LogP contribution in [0, 0.1) is 5.41 Å². The zero-order chi connectivity index (χ0) is 16.1. The molecule has 21 heavy (non-hydrogen) atoms. The van der Waals surface area contributed by atoms with Crippen LogP contribution in [0.2, 0.25) is 0 Å². The van der Waals surface area contributed by atoms with Gasteiger partial charge in [0.25, 0.3) is 0 Å². The second kappa shape index (κ2) is 7.61. The first kappa shape index (κ1) is 18.5. The van der Waals surface area contributed by atoms with Gasteiger partial charge in [0, 0.05) is 16.8 Å². The molecule has 4 nitrogen and oxygen atoms in total. The molecule has 0 aromatic carbocycles. The Hall–Kier alpha value is -0.590. The summed E-state index contributed by atoms with van der Waals surface area (Å²) < 4.78 is 6.31. The first-order valence-corrected chi connectivity index (χ1v) is 8.62. The van der Waals surface area contributed by atoms with Gasteiger partial charge in [0.2, 0.25) is 0 Å². The highest BCUT2D eigenvalue weighted by Gasteiger charge is 2.30. The van der Waals surface area contributed by atoms with Crippen molar-refractivity contribution in [3.05, 3.63) is 20.8 Å². The van der Waals surface area contributed by atoms with Crippen molar-refractivity contribution in [1.29, 1.82) is 0 Å². The first-order valence-electron chi connectivity index (χ1n) is 7.01. The largest absolute Gasteiger partial charge is 0.444 e. The number of rotatable bonds is 6. The Morgan fingerprint density at radius 2 is 2.10 bits per heavy atom. The van der Waals surface area contributed by atoms with Crippen LogP contribution in [0.4, 0.5) is 4.79 Å². The summed E-state index contributed by atoms with van der Waals surface area (Å²) in [6, 6.07) is 4.04. The van der Waals surface area contributed by atoms with E-state index in [1.165, 1.54) is 4.88 Å². The maximum absolute atomic E-state index is 11.8. The Morgan fingerprint density at radius 1 is 1.43 bits per heavy atom. The van der Waals surface area contributed by atoms with Gasteiger partial charge >= 0.3 is 6.09 Å². The normalized spacial score (nSPS) is 14.6. The molecule has 120 valence electrons. The van der Waals surface area contributed by atoms with Crippen LogP contribution < -0.4 is 5.32 Å². The fraction of sp³-hybridized carbons (Fsp3) is 0.667. The molecule has 0 fully saturated rings. The van der Waals surface area contributed by atoms with Crippen molar-refractivity contribution in [2.45, 2.75) is 46.1 Å². The molecule has 2 N–H and O–H groups in total. The number of halogens is 1. The van der Waals surface area contributed by atoms with Gasteiger partial charge in [0.15, 0.2) is 0 Å². The lowest BCUT2D eigenvalue weighted by molar-refractivity contribution is 0.0462. The molecule has 1 heterocycles. The number of hydrogen-bond acceptors (Lipinski definition) is 4. The smallest absolute Gasteiger partial charge is 0.407 e. The van der Waals surface area contributed by atoms with Crippen molar-refractivity contribution in [3.63, 3.8) is 0 Å². The molecule has 0 aliphatic heterocycles. The number of hydrogen-bond donors (Lipinski definition) is 2. The van der Waals surface area contributed by atoms with Crippen molar-refractivity contribution in [2.24, 2.45) is 5.41 Å². The van der Waals surface area contributed by atoms with Crippen LogP contribution in [-0.2, 0) is 11.2 Å². The molecule has 1 aromatic rings. The second-order valence-electron chi connectivity index (χ2n) is 6.25. The van der Waals surface area contributed by atoms with Gasteiger partial charge in [-0.25, -0.2) is 4.79 Å². The molecule has 0 radical (unpaired) electrons. The van der Waals surface area contributed by atoms with Crippen LogP contribution in [0.15, 0.2) is 15.9 Å². The zero-order valence-corrected chi connectivity index (χ0v) is 15.4. The maximum Gasteiger partial charge on any atom is 0.407 e. The molecular formula is C15H24BrNO3S. The molecule has 1 amide bonds. The van der Waals surface area contributed by atoms with Crippen LogP contribution in [0.5, 0.6) is 0 Å². The molecule has 0 spiro atoms. The molecule has 0 aliphatic rings. The van der Waals surface area contributed by atoms with E-state index in [1.54, 1.807) is 11.3 Å². The summed E-state index contributed by atoms with van der Waals surface area (Å²) in [7, 11) is 0. The van der Waals surface area contributed by atoms with E-state index in [9.17, 15) is 9.90 Å². The Morgan fingerprint density at radius 3 is 2.52 bits per heavy atom. The van der Waals surface area contributed by atoms with Crippen molar-refractivity contribution in [3.8, 4) is 0 Å². The van der Waals surface area contributed by atoms with Gasteiger partial charge in [-0.15, -0.1) is 11.3 Å². The highest BCUT2D eigenvalue weighted by atomic mass is 79.9. The summed E-state index contributed by atoms with van der Waals surface area (Å²) in [5, 5.41) is 12.6. The number of carbonyl (C=O) groups is 1. The topological polar surface area (TPSA) is 58.6 Å². The van der Waals surface area contributed by atoms with E-state index in [-0.39, 0.29) is 12.0 Å². The van der Waals surface area contributed by atoms with Gasteiger partial charge in [-0.05, 0) is 61.7 Å². The van der Waals surface area contributed by atoms with Crippen LogP contribution >= 0.6 is 27.3 Å². The predicted octanol–water partition coefficient (Wildman–Crippen LogP) is 3.97. The Balaban J connectivity index is 2.65. The van der Waals surface area contributed by atoms with Gasteiger partial charge < -0.3 is 15.2 Å². The fourth-order valence-corrected chi connectivity index (χ4v) is 3.58. The molecule has 1 atom stereocenters. The summed E-state index contributed by atoms with van der Waals surface area (Å²) >= 11 is 5.10. The van der Waals surface area contributed by atoms with E-state index in [0.717, 1.165) is 16.6 Å². The lowest BCUT2D eigenvalue weighted by atomic mass is 9.82. The number of ether oxygens (including phenoxy) is 1. The summed E-state index contributed by atoms with van der Waals surface area (Å²) in [4.78, 5) is 13.0. The predicted molar refractivity (Wildman–Crippen MR) is 89.8 cm³/mol. The molecule has 0 aliphatic carbocycles. The van der Waals surface area contributed by atoms with Gasteiger partial charge in [-0.3, -0.25) is 0 Å². The quantitative estimate of drug-likeness (QED) is 0.788. The monoisotopic (exact) mass is 377 g/mol. The maximum atomic E-state index is 11.8. The standard InChI is InChI=1S/C15H24BrNO3S/c1-5-15(10-18,8-11-6-7-12(16)21-11)9-17-13(19)20-14(2,3)4/h6-7,18H,5,8-10H2,1-4H3,(H,17,19). The molecule has 0 bridgehead atoms. The van der Waals surface area contributed by atoms with Gasteiger partial charge in [0.05, 0.1) is 10.4 Å². The molecule has 0 saturated heterocycles. The third-order valence-corrected chi connectivity index (χ3v) is 4.89. The lowest BCUT2D eigenvalue weighted by Crippen LogP contribution is -2.43. The number of aliphatic hydroxyl groups is 1. The van der Waals surface area contributed by atoms with Crippen molar-refractivity contribution >= 4 is 33.4 Å². The summed E-state index contributed by atoms with van der Waals surface area (Å²) in [6.07, 6.45) is 1.06. The minimum atomic E-state index is -0.517. The van der Waals surface area contributed by atoms with E-state index < -0.39 is 11.7 Å². The number of amides is 1. The molecule has 0 saturated carbocycles. The lowest BCUT2D eigenvalue weighted by Gasteiger charge is -2.31. The Kier molecular flexibility index (Phi) is 6.69. The first-order chi connectivity index (χ1) is 9.69. The van der Waals surface area contributed by atoms with E-state index in [0.29, 0.717) is 6.54 Å². The number of alkyl carbamates (subject to hydrolysis) is 1. The van der Waals surface area contributed by atoms with Crippen LogP contribution in [0.1, 0.15) is 39.0 Å².